The third kappa shape index (κ3) is 5.62. The van der Waals surface area contributed by atoms with Gasteiger partial charge in [0.25, 0.3) is 0 Å². The van der Waals surface area contributed by atoms with Crippen molar-refractivity contribution < 1.29 is 28.9 Å². The third-order valence-electron chi connectivity index (χ3n) is 6.13. The van der Waals surface area contributed by atoms with Crippen LogP contribution in [0.25, 0.3) is 11.3 Å². The predicted molar refractivity (Wildman–Crippen MR) is 141 cm³/mol. The molecule has 0 fully saturated rings. The number of pyridine rings is 1. The van der Waals surface area contributed by atoms with Crippen LogP contribution in [-0.2, 0) is 21.4 Å². The molecule has 3 unspecified atom stereocenters. The normalized spacial score (nSPS) is 14.9. The maximum absolute atomic E-state index is 13.6. The summed E-state index contributed by atoms with van der Waals surface area (Å²) in [5.74, 6) is 2.54. The average Bonchev–Trinajstić information content (AvgIpc) is 2.85. The lowest BCUT2D eigenvalue weighted by atomic mass is 9.77. The minimum absolute atomic E-state index is 0.0429. The van der Waals surface area contributed by atoms with Crippen LogP contribution in [-0.4, -0.2) is 31.2 Å². The first-order chi connectivity index (χ1) is 17.4. The average molecular weight is 523 g/mol. The van der Waals surface area contributed by atoms with Gasteiger partial charge in [0.05, 0.1) is 11.4 Å². The smallest absolute Gasteiger partial charge is 0.477 e. The lowest BCUT2D eigenvalue weighted by Gasteiger charge is -2.33. The second-order valence-corrected chi connectivity index (χ2v) is 10.7. The van der Waals surface area contributed by atoms with Gasteiger partial charge in [-0.15, -0.1) is 0 Å². The molecule has 0 saturated carbocycles. The minimum Gasteiger partial charge on any atom is -0.477 e. The summed E-state index contributed by atoms with van der Waals surface area (Å²) in [7, 11) is -3.60. The summed E-state index contributed by atoms with van der Waals surface area (Å²) in [5, 5.41) is 19.8. The monoisotopic (exact) mass is 522 g/mol. The van der Waals surface area contributed by atoms with Crippen LogP contribution in [0.2, 0.25) is 0 Å². The van der Waals surface area contributed by atoms with Crippen LogP contribution in [0.1, 0.15) is 50.4 Å². The Hall–Kier alpha value is -3.43. The molecule has 192 valence electrons. The van der Waals surface area contributed by atoms with Crippen molar-refractivity contribution in [1.82, 2.24) is 4.98 Å². The molecule has 37 heavy (non-hydrogen) atoms. The van der Waals surface area contributed by atoms with E-state index in [4.69, 9.17) is 4.98 Å². The fourth-order valence-electron chi connectivity index (χ4n) is 4.17. The SMILES string of the molecule is CC(C)C#CC(C(=O)O)([P+](=O)O)C(O)(Cc1ccc(F)cc1)c1ccc(C(C)C)c(-c2ccccc2)n1. The van der Waals surface area contributed by atoms with E-state index < -0.39 is 37.0 Å². The van der Waals surface area contributed by atoms with Gasteiger partial charge in [0.1, 0.15) is 5.82 Å². The Bertz CT molecular complexity index is 1330. The van der Waals surface area contributed by atoms with Crippen molar-refractivity contribution in [2.24, 2.45) is 5.92 Å². The van der Waals surface area contributed by atoms with E-state index in [1.165, 1.54) is 30.3 Å². The van der Waals surface area contributed by atoms with Gasteiger partial charge in [0, 0.05) is 17.9 Å². The molecule has 2 aromatic carbocycles. The molecule has 0 amide bonds. The maximum atomic E-state index is 13.6. The van der Waals surface area contributed by atoms with Gasteiger partial charge in [-0.25, -0.2) is 14.2 Å². The van der Waals surface area contributed by atoms with Crippen LogP contribution in [0.15, 0.2) is 66.7 Å². The maximum Gasteiger partial charge on any atom is 0.541 e. The summed E-state index contributed by atoms with van der Waals surface area (Å²) in [6.45, 7) is 7.36. The van der Waals surface area contributed by atoms with Crippen LogP contribution in [0.3, 0.4) is 0 Å². The largest absolute Gasteiger partial charge is 0.541 e. The topological polar surface area (TPSA) is 108 Å². The van der Waals surface area contributed by atoms with Crippen molar-refractivity contribution in [2.75, 3.05) is 0 Å². The highest BCUT2D eigenvalue weighted by molar-refractivity contribution is 7.42. The van der Waals surface area contributed by atoms with E-state index in [1.807, 2.05) is 44.2 Å². The minimum atomic E-state index is -3.60. The summed E-state index contributed by atoms with van der Waals surface area (Å²) in [4.78, 5) is 28.0. The Morgan fingerprint density at radius 1 is 1.03 bits per heavy atom. The number of aromatic nitrogens is 1. The fourth-order valence-corrected chi connectivity index (χ4v) is 5.00. The number of hydrogen-bond donors (Lipinski definition) is 3. The van der Waals surface area contributed by atoms with Crippen LogP contribution >= 0.6 is 8.03 Å². The van der Waals surface area contributed by atoms with Gasteiger partial charge in [0.15, 0.2) is 5.60 Å². The summed E-state index contributed by atoms with van der Waals surface area (Å²) >= 11 is 0. The predicted octanol–water partition coefficient (Wildman–Crippen LogP) is 5.66. The molecule has 0 bridgehead atoms. The zero-order valence-electron chi connectivity index (χ0n) is 21.1. The van der Waals surface area contributed by atoms with Gasteiger partial charge in [-0.3, -0.25) is 0 Å². The molecule has 0 aliphatic rings. The zero-order chi connectivity index (χ0) is 27.4. The van der Waals surface area contributed by atoms with Gasteiger partial charge in [-0.1, -0.05) is 82.1 Å². The highest BCUT2D eigenvalue weighted by atomic mass is 31.1. The summed E-state index contributed by atoms with van der Waals surface area (Å²) in [5.41, 5.74) is -0.247. The van der Waals surface area contributed by atoms with E-state index in [-0.39, 0.29) is 17.5 Å². The van der Waals surface area contributed by atoms with Gasteiger partial charge in [-0.2, -0.15) is 4.89 Å². The van der Waals surface area contributed by atoms with Crippen molar-refractivity contribution in [1.29, 1.82) is 0 Å². The Balaban J connectivity index is 2.41. The Morgan fingerprint density at radius 2 is 1.65 bits per heavy atom. The van der Waals surface area contributed by atoms with Crippen molar-refractivity contribution in [3.63, 3.8) is 0 Å². The number of benzene rings is 2. The van der Waals surface area contributed by atoms with E-state index in [1.54, 1.807) is 19.9 Å². The molecule has 8 heteroatoms. The summed E-state index contributed by atoms with van der Waals surface area (Å²) in [6, 6.07) is 17.5. The molecular weight excluding hydrogens is 492 g/mol. The molecule has 1 aromatic heterocycles. The van der Waals surface area contributed by atoms with Crippen LogP contribution in [0, 0.1) is 23.6 Å². The molecule has 1 heterocycles. The molecule has 3 aromatic rings. The molecule has 0 aliphatic carbocycles. The summed E-state index contributed by atoms with van der Waals surface area (Å²) in [6.07, 6.45) is -0.448. The highest BCUT2D eigenvalue weighted by Crippen LogP contribution is 2.51. The number of aliphatic carboxylic acids is 1. The lowest BCUT2D eigenvalue weighted by molar-refractivity contribution is -0.146. The molecule has 3 atom stereocenters. The first kappa shape index (κ1) is 28.1. The lowest BCUT2D eigenvalue weighted by Crippen LogP contribution is -2.56. The van der Waals surface area contributed by atoms with Crippen molar-refractivity contribution in [3.05, 3.63) is 89.4 Å². The van der Waals surface area contributed by atoms with E-state index in [2.05, 4.69) is 11.8 Å². The molecular formula is C29H30FNO5P+. The van der Waals surface area contributed by atoms with Crippen LogP contribution < -0.4 is 0 Å². The van der Waals surface area contributed by atoms with Gasteiger partial charge in [0.2, 0.25) is 0 Å². The van der Waals surface area contributed by atoms with Crippen molar-refractivity contribution in [3.8, 4) is 23.1 Å². The molecule has 0 saturated heterocycles. The molecule has 0 aliphatic heterocycles. The standard InChI is InChI=1S/C29H29FNO5P/c1-19(2)16-17-29(27(32)33,37(35)36)28(34,18-21-10-12-23(30)13-11-21)25-15-14-24(20(3)4)26(31-25)22-8-6-5-7-9-22/h5-15,19-20,34H,18H2,1-4H3,(H-,32,33,35,36)/p+1. The van der Waals surface area contributed by atoms with E-state index in [0.717, 1.165) is 11.1 Å². The van der Waals surface area contributed by atoms with Crippen molar-refractivity contribution in [2.45, 2.75) is 50.8 Å². The van der Waals surface area contributed by atoms with E-state index in [0.29, 0.717) is 11.3 Å². The zero-order valence-corrected chi connectivity index (χ0v) is 22.0. The molecule has 0 radical (unpaired) electrons. The van der Waals surface area contributed by atoms with Gasteiger partial charge < -0.3 is 10.2 Å². The number of hydrogen-bond acceptors (Lipinski definition) is 4. The molecule has 3 rings (SSSR count). The first-order valence-electron chi connectivity index (χ1n) is 11.9. The quantitative estimate of drug-likeness (QED) is 0.260. The van der Waals surface area contributed by atoms with Gasteiger partial charge in [-0.05, 0) is 45.7 Å². The number of carbonyl (C=O) groups is 1. The molecule has 3 N–H and O–H groups in total. The Labute approximate surface area is 217 Å². The highest BCUT2D eigenvalue weighted by Gasteiger charge is 2.72. The Kier molecular flexibility index (Phi) is 8.60. The first-order valence-corrected chi connectivity index (χ1v) is 13.1. The van der Waals surface area contributed by atoms with E-state index >= 15 is 0 Å². The second-order valence-electron chi connectivity index (χ2n) is 9.53. The third-order valence-corrected chi connectivity index (χ3v) is 7.38. The number of aliphatic hydroxyl groups is 1. The number of carboxylic acids is 1. The second kappa shape index (κ2) is 11.3. The molecule has 0 spiro atoms. The van der Waals surface area contributed by atoms with Gasteiger partial charge >= 0.3 is 19.2 Å². The summed E-state index contributed by atoms with van der Waals surface area (Å²) < 4.78 is 26.5. The van der Waals surface area contributed by atoms with E-state index in [9.17, 15) is 28.9 Å². The van der Waals surface area contributed by atoms with Crippen LogP contribution in [0.4, 0.5) is 4.39 Å². The Morgan fingerprint density at radius 3 is 2.16 bits per heavy atom. The fraction of sp³-hybridized carbons (Fsp3) is 0.310. The molecule has 6 nitrogen and oxygen atoms in total. The number of rotatable bonds is 8. The number of halogens is 1. The number of carboxylic acid groups (broad SMARTS) is 1. The van der Waals surface area contributed by atoms with Crippen LogP contribution in [0.5, 0.6) is 0 Å². The number of nitrogens with zero attached hydrogens (tertiary/aromatic N) is 1. The van der Waals surface area contributed by atoms with Crippen molar-refractivity contribution >= 4 is 14.0 Å².